The molecule has 1 heterocycles. The zero-order valence-corrected chi connectivity index (χ0v) is 12.3. The minimum absolute atomic E-state index is 0.0353. The van der Waals surface area contributed by atoms with Crippen LogP contribution in [-0.2, 0) is 16.0 Å². The van der Waals surface area contributed by atoms with E-state index in [4.69, 9.17) is 16.3 Å². The van der Waals surface area contributed by atoms with E-state index in [1.807, 2.05) is 29.2 Å². The number of morpholine rings is 1. The summed E-state index contributed by atoms with van der Waals surface area (Å²) in [6.45, 7) is 1.82. The summed E-state index contributed by atoms with van der Waals surface area (Å²) in [5, 5.41) is 0. The van der Waals surface area contributed by atoms with Gasteiger partial charge in [-0.3, -0.25) is 4.79 Å². The highest BCUT2D eigenvalue weighted by molar-refractivity contribution is 9.10. The van der Waals surface area contributed by atoms with Gasteiger partial charge in [0.05, 0.1) is 25.0 Å². The minimum Gasteiger partial charge on any atom is -0.373 e. The number of benzene rings is 1. The molecule has 0 aliphatic carbocycles. The monoisotopic (exact) mass is 331 g/mol. The molecule has 1 aliphatic heterocycles. The van der Waals surface area contributed by atoms with Gasteiger partial charge in [-0.15, -0.1) is 11.6 Å². The van der Waals surface area contributed by atoms with Gasteiger partial charge in [-0.2, -0.15) is 0 Å². The van der Waals surface area contributed by atoms with Crippen LogP contribution < -0.4 is 0 Å². The van der Waals surface area contributed by atoms with Gasteiger partial charge in [0, 0.05) is 17.6 Å². The SMILES string of the molecule is O=C(Cc1cccc(Br)c1)N1CCOC(CCl)C1. The normalized spacial score (nSPS) is 19.9. The quantitative estimate of drug-likeness (QED) is 0.796. The van der Waals surface area contributed by atoms with Gasteiger partial charge in [0.2, 0.25) is 5.91 Å². The smallest absolute Gasteiger partial charge is 0.227 e. The number of hydrogen-bond donors (Lipinski definition) is 0. The molecule has 1 aromatic carbocycles. The van der Waals surface area contributed by atoms with E-state index >= 15 is 0 Å². The number of halogens is 2. The van der Waals surface area contributed by atoms with E-state index in [1.165, 1.54) is 0 Å². The summed E-state index contributed by atoms with van der Waals surface area (Å²) in [5.41, 5.74) is 1.02. The maximum absolute atomic E-state index is 12.2. The molecule has 1 aromatic rings. The molecule has 0 spiro atoms. The molecule has 0 aromatic heterocycles. The van der Waals surface area contributed by atoms with Crippen molar-refractivity contribution in [3.8, 4) is 0 Å². The first-order valence-electron chi connectivity index (χ1n) is 5.89. The Labute approximate surface area is 120 Å². The number of rotatable bonds is 3. The van der Waals surface area contributed by atoms with Gasteiger partial charge in [0.15, 0.2) is 0 Å². The second kappa shape index (κ2) is 6.55. The van der Waals surface area contributed by atoms with Gasteiger partial charge in [-0.1, -0.05) is 28.1 Å². The van der Waals surface area contributed by atoms with Crippen molar-refractivity contribution in [3.05, 3.63) is 34.3 Å². The fourth-order valence-corrected chi connectivity index (χ4v) is 2.61. The summed E-state index contributed by atoms with van der Waals surface area (Å²) in [6.07, 6.45) is 0.390. The van der Waals surface area contributed by atoms with Crippen molar-refractivity contribution in [2.45, 2.75) is 12.5 Å². The molecule has 0 bridgehead atoms. The van der Waals surface area contributed by atoms with E-state index in [-0.39, 0.29) is 12.0 Å². The average Bonchev–Trinajstić information content (AvgIpc) is 2.39. The predicted octanol–water partition coefficient (Wildman–Crippen LogP) is 2.46. The summed E-state index contributed by atoms with van der Waals surface area (Å²) in [7, 11) is 0. The Hall–Kier alpha value is -0.580. The number of amides is 1. The number of nitrogens with zero attached hydrogens (tertiary/aromatic N) is 1. The molecule has 2 rings (SSSR count). The third-order valence-electron chi connectivity index (χ3n) is 2.91. The lowest BCUT2D eigenvalue weighted by Gasteiger charge is -2.32. The lowest BCUT2D eigenvalue weighted by atomic mass is 10.1. The number of ether oxygens (including phenoxy) is 1. The highest BCUT2D eigenvalue weighted by Gasteiger charge is 2.23. The Bertz CT molecular complexity index is 427. The second-order valence-electron chi connectivity index (χ2n) is 4.29. The van der Waals surface area contributed by atoms with Crippen LogP contribution in [0.15, 0.2) is 28.7 Å². The number of hydrogen-bond acceptors (Lipinski definition) is 2. The van der Waals surface area contributed by atoms with Crippen LogP contribution in [0.1, 0.15) is 5.56 Å². The van der Waals surface area contributed by atoms with Crippen molar-refractivity contribution in [1.82, 2.24) is 4.90 Å². The Kier molecular flexibility index (Phi) is 5.03. The standard InChI is InChI=1S/C13H15BrClNO2/c14-11-3-1-2-10(6-11)7-13(17)16-4-5-18-12(8-15)9-16/h1-3,6,12H,4-5,7-9H2. The molecule has 1 amide bonds. The fraction of sp³-hybridized carbons (Fsp3) is 0.462. The minimum atomic E-state index is -0.0353. The molecule has 0 radical (unpaired) electrons. The van der Waals surface area contributed by atoms with Crippen molar-refractivity contribution in [1.29, 1.82) is 0 Å². The molecule has 1 saturated heterocycles. The molecule has 0 N–H and O–H groups in total. The summed E-state index contributed by atoms with van der Waals surface area (Å²) in [5.74, 6) is 0.562. The van der Waals surface area contributed by atoms with Crippen LogP contribution in [0.25, 0.3) is 0 Å². The maximum Gasteiger partial charge on any atom is 0.227 e. The zero-order chi connectivity index (χ0) is 13.0. The van der Waals surface area contributed by atoms with Crippen molar-refractivity contribution >= 4 is 33.4 Å². The van der Waals surface area contributed by atoms with E-state index in [0.29, 0.717) is 32.0 Å². The molecule has 0 saturated carbocycles. The number of alkyl halides is 1. The summed E-state index contributed by atoms with van der Waals surface area (Å²) < 4.78 is 6.44. The van der Waals surface area contributed by atoms with Crippen molar-refractivity contribution in [2.24, 2.45) is 0 Å². The summed E-state index contributed by atoms with van der Waals surface area (Å²) >= 11 is 9.17. The number of carbonyl (C=O) groups excluding carboxylic acids is 1. The molecule has 18 heavy (non-hydrogen) atoms. The molecule has 5 heteroatoms. The van der Waals surface area contributed by atoms with Crippen molar-refractivity contribution < 1.29 is 9.53 Å². The third kappa shape index (κ3) is 3.70. The third-order valence-corrected chi connectivity index (χ3v) is 3.75. The first-order valence-corrected chi connectivity index (χ1v) is 7.21. The zero-order valence-electron chi connectivity index (χ0n) is 9.94. The Morgan fingerprint density at radius 3 is 3.11 bits per heavy atom. The lowest BCUT2D eigenvalue weighted by molar-refractivity contribution is -0.137. The highest BCUT2D eigenvalue weighted by atomic mass is 79.9. The molecular weight excluding hydrogens is 318 g/mol. The van der Waals surface area contributed by atoms with Crippen LogP contribution in [0.2, 0.25) is 0 Å². The molecule has 1 aliphatic rings. The topological polar surface area (TPSA) is 29.5 Å². The highest BCUT2D eigenvalue weighted by Crippen LogP contribution is 2.14. The van der Waals surface area contributed by atoms with Crippen molar-refractivity contribution in [2.75, 3.05) is 25.6 Å². The van der Waals surface area contributed by atoms with Gasteiger partial charge in [0.1, 0.15) is 0 Å². The van der Waals surface area contributed by atoms with E-state index in [0.717, 1.165) is 10.0 Å². The first kappa shape index (κ1) is 13.8. The molecular formula is C13H15BrClNO2. The summed E-state index contributed by atoms with van der Waals surface area (Å²) in [6, 6.07) is 7.82. The molecule has 98 valence electrons. The molecule has 1 unspecified atom stereocenters. The fourth-order valence-electron chi connectivity index (χ4n) is 1.97. The van der Waals surface area contributed by atoms with Crippen LogP contribution in [-0.4, -0.2) is 42.5 Å². The molecule has 1 atom stereocenters. The van der Waals surface area contributed by atoms with Crippen molar-refractivity contribution in [3.63, 3.8) is 0 Å². The maximum atomic E-state index is 12.2. The lowest BCUT2D eigenvalue weighted by Crippen LogP contribution is -2.46. The van der Waals surface area contributed by atoms with Crippen LogP contribution in [0, 0.1) is 0 Å². The van der Waals surface area contributed by atoms with E-state index < -0.39 is 0 Å². The predicted molar refractivity (Wildman–Crippen MR) is 74.9 cm³/mol. The van der Waals surface area contributed by atoms with Crippen LogP contribution in [0.5, 0.6) is 0 Å². The van der Waals surface area contributed by atoms with Crippen LogP contribution >= 0.6 is 27.5 Å². The van der Waals surface area contributed by atoms with Gasteiger partial charge >= 0.3 is 0 Å². The Morgan fingerprint density at radius 1 is 1.56 bits per heavy atom. The van der Waals surface area contributed by atoms with Gasteiger partial charge in [-0.05, 0) is 17.7 Å². The van der Waals surface area contributed by atoms with E-state index in [9.17, 15) is 4.79 Å². The molecule has 3 nitrogen and oxygen atoms in total. The van der Waals surface area contributed by atoms with E-state index in [2.05, 4.69) is 15.9 Å². The first-order chi connectivity index (χ1) is 8.69. The largest absolute Gasteiger partial charge is 0.373 e. The summed E-state index contributed by atoms with van der Waals surface area (Å²) in [4.78, 5) is 14.0. The van der Waals surface area contributed by atoms with Gasteiger partial charge in [-0.25, -0.2) is 0 Å². The van der Waals surface area contributed by atoms with Gasteiger partial charge in [0.25, 0.3) is 0 Å². The number of carbonyl (C=O) groups is 1. The average molecular weight is 333 g/mol. The van der Waals surface area contributed by atoms with Gasteiger partial charge < -0.3 is 9.64 Å². The molecule has 1 fully saturated rings. The van der Waals surface area contributed by atoms with Crippen LogP contribution in [0.4, 0.5) is 0 Å². The second-order valence-corrected chi connectivity index (χ2v) is 5.52. The van der Waals surface area contributed by atoms with Crippen LogP contribution in [0.3, 0.4) is 0 Å². The Morgan fingerprint density at radius 2 is 2.39 bits per heavy atom. The van der Waals surface area contributed by atoms with E-state index in [1.54, 1.807) is 0 Å². The Balaban J connectivity index is 1.95.